The average Bonchev–Trinajstić information content (AvgIpc) is 2.84. The average molecular weight is 497 g/mol. The van der Waals surface area contributed by atoms with Crippen LogP contribution in [0, 0.1) is 0 Å². The van der Waals surface area contributed by atoms with E-state index in [-0.39, 0.29) is 36.7 Å². The second-order valence-corrected chi connectivity index (χ2v) is 9.34. The molecule has 0 bridgehead atoms. The van der Waals surface area contributed by atoms with Crippen LogP contribution in [-0.4, -0.2) is 0 Å². The molecule has 0 atom stereocenters. The fraction of sp³-hybridized carbons (Fsp3) is 0.417. The molecule has 3 rings (SSSR count). The number of allylic oxidation sites excluding steroid dienone is 1. The molecule has 25 heavy (non-hydrogen) atoms. The Bertz CT molecular complexity index is 779. The normalized spacial score (nSPS) is 14.0. The zero-order valence-electron chi connectivity index (χ0n) is 16.7. The van der Waals surface area contributed by atoms with Crippen LogP contribution in [0.4, 0.5) is 0 Å². The Kier molecular flexibility index (Phi) is 5.69. The van der Waals surface area contributed by atoms with Gasteiger partial charge in [0.15, 0.2) is 0 Å². The molecule has 130 valence electrons. The molecule has 0 aromatic heterocycles. The SMILES string of the molecule is CC1=Cc2c(cccc2-c2cc(C(C)(C)C)cc(C(C)(C)C)c2)C1.[Hf]. The van der Waals surface area contributed by atoms with E-state index < -0.39 is 0 Å². The van der Waals surface area contributed by atoms with Gasteiger partial charge >= 0.3 is 0 Å². The van der Waals surface area contributed by atoms with Gasteiger partial charge in [-0.25, -0.2) is 0 Å². The van der Waals surface area contributed by atoms with Crippen molar-refractivity contribution in [1.29, 1.82) is 0 Å². The molecule has 0 amide bonds. The van der Waals surface area contributed by atoms with Gasteiger partial charge in [-0.1, -0.05) is 89.6 Å². The summed E-state index contributed by atoms with van der Waals surface area (Å²) < 4.78 is 0. The molecular formula is C24H30Hf. The molecule has 0 nitrogen and oxygen atoms in total. The Morgan fingerprint density at radius 3 is 1.88 bits per heavy atom. The minimum Gasteiger partial charge on any atom is -0.0683 e. The Morgan fingerprint density at radius 2 is 1.36 bits per heavy atom. The second kappa shape index (κ2) is 6.99. The molecule has 0 heterocycles. The molecule has 2 aromatic rings. The largest absolute Gasteiger partial charge is 0.0683 e. The summed E-state index contributed by atoms with van der Waals surface area (Å²) in [6.45, 7) is 16.1. The molecule has 2 aromatic carbocycles. The maximum Gasteiger partial charge on any atom is 0 e. The van der Waals surface area contributed by atoms with Gasteiger partial charge in [-0.05, 0) is 57.6 Å². The topological polar surface area (TPSA) is 0 Å². The number of hydrogen-bond acceptors (Lipinski definition) is 0. The zero-order chi connectivity index (χ0) is 17.7. The molecule has 0 spiro atoms. The van der Waals surface area contributed by atoms with E-state index in [1.54, 1.807) is 0 Å². The molecule has 0 unspecified atom stereocenters. The fourth-order valence-electron chi connectivity index (χ4n) is 3.44. The summed E-state index contributed by atoms with van der Waals surface area (Å²) in [4.78, 5) is 0. The van der Waals surface area contributed by atoms with E-state index >= 15 is 0 Å². The molecule has 1 aliphatic carbocycles. The predicted molar refractivity (Wildman–Crippen MR) is 107 cm³/mol. The Labute approximate surface area is 172 Å². The molecule has 0 fully saturated rings. The van der Waals surface area contributed by atoms with Gasteiger partial charge in [-0.2, -0.15) is 0 Å². The third kappa shape index (κ3) is 4.25. The minimum absolute atomic E-state index is 0. The Hall–Kier alpha value is -0.950. The van der Waals surface area contributed by atoms with Crippen molar-refractivity contribution in [3.8, 4) is 11.1 Å². The summed E-state index contributed by atoms with van der Waals surface area (Å²) in [5, 5.41) is 0. The van der Waals surface area contributed by atoms with Crippen LogP contribution in [0.2, 0.25) is 0 Å². The monoisotopic (exact) mass is 498 g/mol. The van der Waals surface area contributed by atoms with Gasteiger partial charge < -0.3 is 0 Å². The molecule has 0 N–H and O–H groups in total. The van der Waals surface area contributed by atoms with Gasteiger partial charge in [0.25, 0.3) is 0 Å². The van der Waals surface area contributed by atoms with Gasteiger partial charge in [-0.15, -0.1) is 0 Å². The van der Waals surface area contributed by atoms with Crippen molar-refractivity contribution >= 4 is 6.08 Å². The van der Waals surface area contributed by atoms with Crippen molar-refractivity contribution in [3.05, 3.63) is 64.2 Å². The summed E-state index contributed by atoms with van der Waals surface area (Å²) in [5.41, 5.74) is 10.2. The van der Waals surface area contributed by atoms with Crippen molar-refractivity contribution in [2.24, 2.45) is 0 Å². The van der Waals surface area contributed by atoms with Crippen LogP contribution in [0.1, 0.15) is 70.7 Å². The molecule has 1 heteroatoms. The van der Waals surface area contributed by atoms with Crippen molar-refractivity contribution in [1.82, 2.24) is 0 Å². The fourth-order valence-corrected chi connectivity index (χ4v) is 3.44. The van der Waals surface area contributed by atoms with Crippen molar-refractivity contribution in [2.45, 2.75) is 65.7 Å². The van der Waals surface area contributed by atoms with Crippen LogP contribution < -0.4 is 0 Å². The van der Waals surface area contributed by atoms with Crippen LogP contribution in [-0.2, 0) is 43.1 Å². The first-order chi connectivity index (χ1) is 11.1. The van der Waals surface area contributed by atoms with E-state index in [9.17, 15) is 0 Å². The van der Waals surface area contributed by atoms with Crippen LogP contribution in [0.3, 0.4) is 0 Å². The van der Waals surface area contributed by atoms with Gasteiger partial charge in [0.1, 0.15) is 0 Å². The second-order valence-electron chi connectivity index (χ2n) is 9.34. The molecule has 0 saturated heterocycles. The third-order valence-corrected chi connectivity index (χ3v) is 5.03. The van der Waals surface area contributed by atoms with Gasteiger partial charge in [-0.3, -0.25) is 0 Å². The Balaban J connectivity index is 0.00000225. The van der Waals surface area contributed by atoms with Crippen LogP contribution >= 0.6 is 0 Å². The smallest absolute Gasteiger partial charge is 0 e. The van der Waals surface area contributed by atoms with Crippen molar-refractivity contribution in [2.75, 3.05) is 0 Å². The first-order valence-electron chi connectivity index (χ1n) is 9.01. The first kappa shape index (κ1) is 20.4. The van der Waals surface area contributed by atoms with Gasteiger partial charge in [0.05, 0.1) is 0 Å². The molecular weight excluding hydrogens is 467 g/mol. The number of hydrogen-bond donors (Lipinski definition) is 0. The van der Waals surface area contributed by atoms with Crippen LogP contribution in [0.15, 0.2) is 42.0 Å². The van der Waals surface area contributed by atoms with E-state index in [2.05, 4.69) is 90.9 Å². The summed E-state index contributed by atoms with van der Waals surface area (Å²) in [6.07, 6.45) is 3.46. The van der Waals surface area contributed by atoms with E-state index in [0.29, 0.717) is 0 Å². The van der Waals surface area contributed by atoms with E-state index in [0.717, 1.165) is 6.42 Å². The van der Waals surface area contributed by atoms with Crippen LogP contribution in [0.5, 0.6) is 0 Å². The van der Waals surface area contributed by atoms with Crippen molar-refractivity contribution in [3.63, 3.8) is 0 Å². The first-order valence-corrected chi connectivity index (χ1v) is 9.01. The van der Waals surface area contributed by atoms with E-state index in [4.69, 9.17) is 0 Å². The van der Waals surface area contributed by atoms with Gasteiger partial charge in [0, 0.05) is 25.8 Å². The molecule has 0 aliphatic heterocycles. The van der Waals surface area contributed by atoms with Crippen LogP contribution in [0.25, 0.3) is 17.2 Å². The molecule has 1 aliphatic rings. The van der Waals surface area contributed by atoms with E-state index in [1.807, 2.05) is 0 Å². The van der Waals surface area contributed by atoms with Crippen molar-refractivity contribution < 1.29 is 25.8 Å². The predicted octanol–water partition coefficient (Wildman–Crippen LogP) is 6.91. The summed E-state index contributed by atoms with van der Waals surface area (Å²) in [6, 6.07) is 13.9. The summed E-state index contributed by atoms with van der Waals surface area (Å²) in [5.74, 6) is 0. The number of fused-ring (bicyclic) bond motifs is 1. The summed E-state index contributed by atoms with van der Waals surface area (Å²) >= 11 is 0. The van der Waals surface area contributed by atoms with E-state index in [1.165, 1.54) is 39.0 Å². The standard InChI is InChI=1S/C24H30.Hf/c1-16-11-17-9-8-10-21(22(17)12-16)18-13-19(23(2,3)4)15-20(14-18)24(5,6)7;/h8-10,12-15H,11H2,1-7H3;. The maximum absolute atomic E-state index is 2.40. The molecule has 0 saturated carbocycles. The Morgan fingerprint density at radius 1 is 0.800 bits per heavy atom. The zero-order valence-corrected chi connectivity index (χ0v) is 20.3. The maximum atomic E-state index is 2.40. The summed E-state index contributed by atoms with van der Waals surface area (Å²) in [7, 11) is 0. The number of rotatable bonds is 1. The minimum atomic E-state index is 0. The third-order valence-electron chi connectivity index (χ3n) is 5.03. The number of benzene rings is 2. The van der Waals surface area contributed by atoms with Gasteiger partial charge in [0.2, 0.25) is 0 Å². The quantitative estimate of drug-likeness (QED) is 0.376. The molecule has 0 radical (unpaired) electrons.